The minimum Gasteiger partial charge on any atom is -0.508 e. The van der Waals surface area contributed by atoms with Crippen molar-refractivity contribution in [3.63, 3.8) is 0 Å². The average molecular weight is 335 g/mol. The molecule has 3 rings (SSSR count). The summed E-state index contributed by atoms with van der Waals surface area (Å²) in [4.78, 5) is 9.12. The van der Waals surface area contributed by atoms with Crippen molar-refractivity contribution in [2.75, 3.05) is 19.0 Å². The van der Waals surface area contributed by atoms with E-state index in [4.69, 9.17) is 4.74 Å². The number of nitrogens with zero attached hydrogens (tertiary/aromatic N) is 2. The molecule has 0 spiro atoms. The number of benzene rings is 2. The summed E-state index contributed by atoms with van der Waals surface area (Å²) in [5.74, 6) is 2.59. The Morgan fingerprint density at radius 3 is 2.40 bits per heavy atom. The quantitative estimate of drug-likeness (QED) is 0.717. The van der Waals surface area contributed by atoms with Crippen LogP contribution in [-0.4, -0.2) is 28.7 Å². The lowest BCUT2D eigenvalue weighted by Crippen LogP contribution is -2.07. The van der Waals surface area contributed by atoms with E-state index in [2.05, 4.69) is 15.3 Å². The number of hydrogen-bond acceptors (Lipinski definition) is 5. The van der Waals surface area contributed by atoms with Crippen molar-refractivity contribution >= 4 is 5.82 Å². The number of hydrogen-bond donors (Lipinski definition) is 2. The van der Waals surface area contributed by atoms with Gasteiger partial charge in [-0.3, -0.25) is 0 Å². The molecule has 2 N–H and O–H groups in total. The second-order valence-electron chi connectivity index (χ2n) is 5.79. The molecule has 0 aliphatic heterocycles. The van der Waals surface area contributed by atoms with Crippen molar-refractivity contribution in [1.29, 1.82) is 0 Å². The lowest BCUT2D eigenvalue weighted by atomic mass is 10.1. The van der Waals surface area contributed by atoms with Gasteiger partial charge in [0.1, 0.15) is 17.3 Å². The fraction of sp³-hybridized carbons (Fsp3) is 0.200. The molecule has 1 aromatic heterocycles. The van der Waals surface area contributed by atoms with E-state index in [9.17, 15) is 5.11 Å². The molecule has 2 aromatic carbocycles. The lowest BCUT2D eigenvalue weighted by molar-refractivity contribution is 0.415. The Morgan fingerprint density at radius 1 is 1.00 bits per heavy atom. The van der Waals surface area contributed by atoms with Crippen LogP contribution in [0.4, 0.5) is 5.82 Å². The van der Waals surface area contributed by atoms with Crippen LogP contribution in [0.25, 0.3) is 11.4 Å². The van der Waals surface area contributed by atoms with Crippen molar-refractivity contribution < 1.29 is 9.84 Å². The number of ether oxygens (including phenoxy) is 1. The summed E-state index contributed by atoms with van der Waals surface area (Å²) in [5.41, 5.74) is 3.02. The second kappa shape index (κ2) is 7.66. The number of aromatic hydroxyl groups is 1. The van der Waals surface area contributed by atoms with Crippen LogP contribution in [0.2, 0.25) is 0 Å². The summed E-state index contributed by atoms with van der Waals surface area (Å²) in [5, 5.41) is 12.7. The molecule has 0 saturated carbocycles. The minimum absolute atomic E-state index is 0.285. The summed E-state index contributed by atoms with van der Waals surface area (Å²) in [6.07, 6.45) is 0.848. The normalized spacial score (nSPS) is 10.5. The highest BCUT2D eigenvalue weighted by Crippen LogP contribution is 2.21. The second-order valence-corrected chi connectivity index (χ2v) is 5.79. The Bertz CT molecular complexity index is 831. The first-order valence-electron chi connectivity index (χ1n) is 8.16. The Hall–Kier alpha value is -3.08. The number of phenolic OH excluding ortho intramolecular Hbond substituents is 1. The van der Waals surface area contributed by atoms with Gasteiger partial charge < -0.3 is 15.2 Å². The molecule has 0 atom stereocenters. The zero-order valence-corrected chi connectivity index (χ0v) is 14.4. The van der Waals surface area contributed by atoms with Gasteiger partial charge in [0.15, 0.2) is 5.82 Å². The van der Waals surface area contributed by atoms with Crippen LogP contribution in [-0.2, 0) is 6.42 Å². The molecule has 0 amide bonds. The average Bonchev–Trinajstić information content (AvgIpc) is 2.63. The number of anilines is 1. The number of phenols is 1. The zero-order chi connectivity index (χ0) is 17.6. The maximum absolute atomic E-state index is 9.32. The fourth-order valence-corrected chi connectivity index (χ4v) is 2.53. The third-order valence-electron chi connectivity index (χ3n) is 3.86. The summed E-state index contributed by atoms with van der Waals surface area (Å²) in [6, 6.07) is 16.9. The number of nitrogens with one attached hydrogen (secondary N) is 1. The first-order valence-corrected chi connectivity index (χ1v) is 8.16. The molecule has 0 saturated heterocycles. The summed E-state index contributed by atoms with van der Waals surface area (Å²) < 4.78 is 5.19. The summed E-state index contributed by atoms with van der Waals surface area (Å²) >= 11 is 0. The largest absolute Gasteiger partial charge is 0.508 e. The predicted molar refractivity (Wildman–Crippen MR) is 99.1 cm³/mol. The van der Waals surface area contributed by atoms with E-state index in [0.717, 1.165) is 41.4 Å². The molecule has 5 nitrogen and oxygen atoms in total. The third-order valence-corrected chi connectivity index (χ3v) is 3.86. The van der Waals surface area contributed by atoms with E-state index in [1.807, 2.05) is 49.4 Å². The lowest BCUT2D eigenvalue weighted by Gasteiger charge is -2.09. The maximum atomic E-state index is 9.32. The SMILES string of the molecule is COc1ccc(-c2nc(C)cc(NCCc3ccc(O)cc3)n2)cc1. The maximum Gasteiger partial charge on any atom is 0.161 e. The topological polar surface area (TPSA) is 67.3 Å². The molecule has 0 aliphatic rings. The van der Waals surface area contributed by atoms with E-state index < -0.39 is 0 Å². The molecule has 0 aliphatic carbocycles. The van der Waals surface area contributed by atoms with Crippen molar-refractivity contribution in [2.24, 2.45) is 0 Å². The Labute approximate surface area is 147 Å². The van der Waals surface area contributed by atoms with Crippen molar-refractivity contribution in [1.82, 2.24) is 9.97 Å². The van der Waals surface area contributed by atoms with Gasteiger partial charge in [0, 0.05) is 23.9 Å². The molecule has 0 radical (unpaired) electrons. The molecule has 0 fully saturated rings. The molecule has 0 bridgehead atoms. The Balaban J connectivity index is 1.69. The van der Waals surface area contributed by atoms with Crippen LogP contribution in [0, 0.1) is 6.92 Å². The van der Waals surface area contributed by atoms with Crippen molar-refractivity contribution in [2.45, 2.75) is 13.3 Å². The number of rotatable bonds is 6. The highest BCUT2D eigenvalue weighted by atomic mass is 16.5. The van der Waals surface area contributed by atoms with Gasteiger partial charge in [-0.2, -0.15) is 0 Å². The summed E-state index contributed by atoms with van der Waals surface area (Å²) in [6.45, 7) is 2.71. The van der Waals surface area contributed by atoms with E-state index >= 15 is 0 Å². The van der Waals surface area contributed by atoms with E-state index in [1.54, 1.807) is 19.2 Å². The van der Waals surface area contributed by atoms with Crippen LogP contribution in [0.1, 0.15) is 11.3 Å². The first kappa shape index (κ1) is 16.8. The molecule has 3 aromatic rings. The monoisotopic (exact) mass is 335 g/mol. The third kappa shape index (κ3) is 4.47. The van der Waals surface area contributed by atoms with Crippen LogP contribution in [0.5, 0.6) is 11.5 Å². The molecular weight excluding hydrogens is 314 g/mol. The van der Waals surface area contributed by atoms with Crippen LogP contribution in [0.3, 0.4) is 0 Å². The summed E-state index contributed by atoms with van der Waals surface area (Å²) in [7, 11) is 1.65. The van der Waals surface area contributed by atoms with Gasteiger partial charge in [-0.1, -0.05) is 12.1 Å². The number of methoxy groups -OCH3 is 1. The molecule has 1 heterocycles. The fourth-order valence-electron chi connectivity index (χ4n) is 2.53. The minimum atomic E-state index is 0.285. The van der Waals surface area contributed by atoms with Crippen LogP contribution >= 0.6 is 0 Å². The van der Waals surface area contributed by atoms with Crippen LogP contribution < -0.4 is 10.1 Å². The van der Waals surface area contributed by atoms with E-state index in [1.165, 1.54) is 0 Å². The molecule has 0 unspecified atom stereocenters. The van der Waals surface area contributed by atoms with E-state index in [0.29, 0.717) is 5.82 Å². The number of aromatic nitrogens is 2. The van der Waals surface area contributed by atoms with Gasteiger partial charge in [0.05, 0.1) is 7.11 Å². The smallest absolute Gasteiger partial charge is 0.161 e. The Morgan fingerprint density at radius 2 is 1.72 bits per heavy atom. The zero-order valence-electron chi connectivity index (χ0n) is 14.4. The predicted octanol–water partition coefficient (Wildman–Crippen LogP) is 3.82. The molecule has 5 heteroatoms. The van der Waals surface area contributed by atoms with Crippen molar-refractivity contribution in [3.8, 4) is 22.9 Å². The standard InChI is InChI=1S/C20H21N3O2/c1-14-13-19(21-12-11-15-3-7-17(24)8-4-15)23-20(22-14)16-5-9-18(25-2)10-6-16/h3-10,13,24H,11-12H2,1-2H3,(H,21,22,23). The molecule has 25 heavy (non-hydrogen) atoms. The molecular formula is C20H21N3O2. The van der Waals surface area contributed by atoms with Gasteiger partial charge in [-0.15, -0.1) is 0 Å². The van der Waals surface area contributed by atoms with Gasteiger partial charge >= 0.3 is 0 Å². The van der Waals surface area contributed by atoms with E-state index in [-0.39, 0.29) is 5.75 Å². The highest BCUT2D eigenvalue weighted by molar-refractivity contribution is 5.58. The van der Waals surface area contributed by atoms with Gasteiger partial charge in [-0.25, -0.2) is 9.97 Å². The highest BCUT2D eigenvalue weighted by Gasteiger charge is 2.05. The van der Waals surface area contributed by atoms with Gasteiger partial charge in [0.2, 0.25) is 0 Å². The molecule has 128 valence electrons. The Kier molecular flexibility index (Phi) is 5.14. The van der Waals surface area contributed by atoms with Crippen molar-refractivity contribution in [3.05, 3.63) is 65.9 Å². The van der Waals surface area contributed by atoms with Crippen LogP contribution in [0.15, 0.2) is 54.6 Å². The van der Waals surface area contributed by atoms with Gasteiger partial charge in [-0.05, 0) is 55.3 Å². The number of aryl methyl sites for hydroxylation is 1. The first-order chi connectivity index (χ1) is 12.1. The van der Waals surface area contributed by atoms with Gasteiger partial charge in [0.25, 0.3) is 0 Å².